The maximum absolute atomic E-state index is 13.3. The smallest absolute Gasteiger partial charge is 0.338 e. The van der Waals surface area contributed by atoms with Crippen molar-refractivity contribution in [3.8, 4) is 11.5 Å². The van der Waals surface area contributed by atoms with Gasteiger partial charge in [0.2, 0.25) is 11.1 Å². The molecule has 0 amide bonds. The molecule has 1 N–H and O–H groups in total. The van der Waals surface area contributed by atoms with Gasteiger partial charge in [-0.25, -0.2) is 9.48 Å². The molecule has 1 aliphatic heterocycles. The lowest BCUT2D eigenvalue weighted by Crippen LogP contribution is -2.29. The summed E-state index contributed by atoms with van der Waals surface area (Å²) in [5.41, 5.74) is 4.29. The highest BCUT2D eigenvalue weighted by Gasteiger charge is 2.35. The zero-order valence-corrected chi connectivity index (χ0v) is 22.9. The van der Waals surface area contributed by atoms with Crippen molar-refractivity contribution >= 4 is 23.7 Å². The number of fused-ring (bicyclic) bond motifs is 1. The first-order chi connectivity index (χ1) is 18.0. The maximum Gasteiger partial charge on any atom is 0.338 e. The summed E-state index contributed by atoms with van der Waals surface area (Å²) in [6.45, 7) is 8.84. The van der Waals surface area contributed by atoms with E-state index in [1.165, 1.54) is 5.56 Å². The van der Waals surface area contributed by atoms with Crippen molar-refractivity contribution in [1.29, 1.82) is 0 Å². The van der Waals surface area contributed by atoms with Gasteiger partial charge in [-0.3, -0.25) is 0 Å². The van der Waals surface area contributed by atoms with Crippen LogP contribution in [0.15, 0.2) is 58.9 Å². The molecular formula is C28H34N4O4S. The minimum absolute atomic E-state index is 0.367. The van der Waals surface area contributed by atoms with Gasteiger partial charge < -0.3 is 19.5 Å². The van der Waals surface area contributed by atoms with Crippen molar-refractivity contribution in [1.82, 2.24) is 14.8 Å². The normalized spacial score (nSPS) is 14.7. The molecule has 0 radical (unpaired) electrons. The van der Waals surface area contributed by atoms with Crippen molar-refractivity contribution in [2.45, 2.75) is 58.3 Å². The van der Waals surface area contributed by atoms with Crippen LogP contribution in [-0.4, -0.2) is 40.2 Å². The Hall–Kier alpha value is -3.46. The van der Waals surface area contributed by atoms with Crippen molar-refractivity contribution in [2.24, 2.45) is 0 Å². The second-order valence-corrected chi connectivity index (χ2v) is 10.0. The highest BCUT2D eigenvalue weighted by molar-refractivity contribution is 7.99. The number of benzene rings is 2. The van der Waals surface area contributed by atoms with Gasteiger partial charge in [0.15, 0.2) is 11.5 Å². The van der Waals surface area contributed by atoms with Crippen molar-refractivity contribution in [2.75, 3.05) is 24.8 Å². The molecule has 4 rings (SSSR count). The van der Waals surface area contributed by atoms with Crippen LogP contribution < -0.4 is 14.8 Å². The predicted molar refractivity (Wildman–Crippen MR) is 145 cm³/mol. The van der Waals surface area contributed by atoms with Gasteiger partial charge >= 0.3 is 5.97 Å². The number of carbonyl (C=O) groups is 1. The lowest BCUT2D eigenvalue weighted by atomic mass is 9.95. The largest absolute Gasteiger partial charge is 0.493 e. The van der Waals surface area contributed by atoms with Crippen LogP contribution >= 0.6 is 11.8 Å². The van der Waals surface area contributed by atoms with Crippen LogP contribution in [0.25, 0.3) is 0 Å². The average Bonchev–Trinajstić information content (AvgIpc) is 3.29. The number of rotatable bonds is 11. The molecule has 2 heterocycles. The van der Waals surface area contributed by atoms with Gasteiger partial charge in [-0.1, -0.05) is 62.4 Å². The molecule has 0 aliphatic carbocycles. The first kappa shape index (κ1) is 26.6. The number of allylic oxidation sites excluding steroid dienone is 1. The summed E-state index contributed by atoms with van der Waals surface area (Å²) in [6.07, 6.45) is 1.75. The molecule has 0 fully saturated rings. The number of nitrogens with zero attached hydrogens (tertiary/aromatic N) is 3. The lowest BCUT2D eigenvalue weighted by molar-refractivity contribution is -0.139. The predicted octanol–water partition coefficient (Wildman–Crippen LogP) is 5.92. The zero-order chi connectivity index (χ0) is 26.4. The SMILES string of the molecule is CCCCOC(=O)C1=C(C)Nc2nc(SCC)nn2C1c1ccc(OCc2ccccc2C)c(OC)c1. The standard InChI is InChI=1S/C28H34N4O4S/c1-6-8-15-35-26(33)24-19(4)29-27-30-28(37-7-2)31-32(27)25(24)20-13-14-22(23(16-20)34-5)36-17-21-12-10-9-11-18(21)3/h9-14,16,25H,6-8,15,17H2,1-5H3,(H,29,30,31). The Bertz CT molecular complexity index is 1290. The Morgan fingerprint density at radius 2 is 1.95 bits per heavy atom. The minimum atomic E-state index is -0.525. The molecule has 0 bridgehead atoms. The Morgan fingerprint density at radius 3 is 2.68 bits per heavy atom. The molecule has 0 saturated carbocycles. The van der Waals surface area contributed by atoms with E-state index in [0.29, 0.717) is 47.1 Å². The summed E-state index contributed by atoms with van der Waals surface area (Å²) < 4.78 is 19.2. The Labute approximate surface area is 222 Å². The number of anilines is 1. The van der Waals surface area contributed by atoms with E-state index in [-0.39, 0.29) is 5.97 Å². The van der Waals surface area contributed by atoms with Crippen molar-refractivity contribution in [3.05, 3.63) is 70.4 Å². The number of hydrogen-bond donors (Lipinski definition) is 1. The molecule has 37 heavy (non-hydrogen) atoms. The molecule has 8 nitrogen and oxygen atoms in total. The van der Waals surface area contributed by atoms with E-state index >= 15 is 0 Å². The van der Waals surface area contributed by atoms with Gasteiger partial charge in [0, 0.05) is 5.70 Å². The molecule has 196 valence electrons. The number of esters is 1. The van der Waals surface area contributed by atoms with E-state index in [1.54, 1.807) is 23.6 Å². The van der Waals surface area contributed by atoms with E-state index in [4.69, 9.17) is 19.3 Å². The fraction of sp³-hybridized carbons (Fsp3) is 0.393. The second-order valence-electron chi connectivity index (χ2n) is 8.78. The first-order valence-corrected chi connectivity index (χ1v) is 13.5. The van der Waals surface area contributed by atoms with Crippen molar-refractivity contribution < 1.29 is 19.0 Å². The summed E-state index contributed by atoms with van der Waals surface area (Å²) in [6, 6.07) is 13.3. The van der Waals surface area contributed by atoms with Gasteiger partial charge in [-0.05, 0) is 54.8 Å². The number of thioether (sulfide) groups is 1. The number of methoxy groups -OCH3 is 1. The quantitative estimate of drug-likeness (QED) is 0.189. The van der Waals surface area contributed by atoms with E-state index in [1.807, 2.05) is 43.3 Å². The average molecular weight is 523 g/mol. The number of hydrogen-bond acceptors (Lipinski definition) is 8. The van der Waals surface area contributed by atoms with Crippen molar-refractivity contribution in [3.63, 3.8) is 0 Å². The summed E-state index contributed by atoms with van der Waals surface area (Å²) in [5.74, 6) is 2.26. The molecule has 1 aromatic heterocycles. The Balaban J connectivity index is 1.70. The molecular weight excluding hydrogens is 488 g/mol. The monoisotopic (exact) mass is 522 g/mol. The summed E-state index contributed by atoms with van der Waals surface area (Å²) in [5, 5.41) is 8.61. The van der Waals surface area contributed by atoms with Gasteiger partial charge in [0.05, 0.1) is 19.3 Å². The number of nitrogens with one attached hydrogen (secondary N) is 1. The third kappa shape index (κ3) is 5.93. The third-order valence-corrected chi connectivity index (χ3v) is 6.93. The van der Waals surface area contributed by atoms with Crippen LogP contribution in [0.5, 0.6) is 11.5 Å². The minimum Gasteiger partial charge on any atom is -0.493 e. The van der Waals surface area contributed by atoms with Crippen LogP contribution in [-0.2, 0) is 16.1 Å². The first-order valence-electron chi connectivity index (χ1n) is 12.6. The fourth-order valence-electron chi connectivity index (χ4n) is 4.18. The molecule has 9 heteroatoms. The summed E-state index contributed by atoms with van der Waals surface area (Å²) in [4.78, 5) is 17.9. The van der Waals surface area contributed by atoms with Crippen LogP contribution in [0.1, 0.15) is 56.3 Å². The number of unbranched alkanes of at least 4 members (excludes halogenated alkanes) is 1. The second kappa shape index (κ2) is 12.2. The van der Waals surface area contributed by atoms with Crippen LogP contribution in [0.2, 0.25) is 0 Å². The highest BCUT2D eigenvalue weighted by atomic mass is 32.2. The van der Waals surface area contributed by atoms with Crippen LogP contribution in [0.4, 0.5) is 5.95 Å². The van der Waals surface area contributed by atoms with E-state index in [2.05, 4.69) is 37.1 Å². The highest BCUT2D eigenvalue weighted by Crippen LogP contribution is 2.40. The van der Waals surface area contributed by atoms with E-state index in [9.17, 15) is 4.79 Å². The van der Waals surface area contributed by atoms with Gasteiger partial charge in [0.25, 0.3) is 0 Å². The van der Waals surface area contributed by atoms with Gasteiger partial charge in [-0.15, -0.1) is 5.10 Å². The van der Waals surface area contributed by atoms with Gasteiger partial charge in [0.1, 0.15) is 12.6 Å². The van der Waals surface area contributed by atoms with Crippen LogP contribution in [0.3, 0.4) is 0 Å². The summed E-state index contributed by atoms with van der Waals surface area (Å²) in [7, 11) is 1.61. The number of ether oxygens (including phenoxy) is 3. The molecule has 0 spiro atoms. The maximum atomic E-state index is 13.3. The fourth-order valence-corrected chi connectivity index (χ4v) is 4.74. The van der Waals surface area contributed by atoms with E-state index in [0.717, 1.165) is 29.7 Å². The molecule has 1 atom stereocenters. The Kier molecular flexibility index (Phi) is 8.76. The molecule has 2 aromatic carbocycles. The zero-order valence-electron chi connectivity index (χ0n) is 22.0. The molecule has 0 saturated heterocycles. The Morgan fingerprint density at radius 1 is 1.14 bits per heavy atom. The van der Waals surface area contributed by atoms with Crippen LogP contribution in [0, 0.1) is 6.92 Å². The number of carbonyl (C=O) groups excluding carboxylic acids is 1. The number of aryl methyl sites for hydroxylation is 1. The summed E-state index contributed by atoms with van der Waals surface area (Å²) >= 11 is 1.55. The lowest BCUT2D eigenvalue weighted by Gasteiger charge is -2.28. The van der Waals surface area contributed by atoms with Gasteiger partial charge in [-0.2, -0.15) is 4.98 Å². The molecule has 1 unspecified atom stereocenters. The van der Waals surface area contributed by atoms with E-state index < -0.39 is 6.04 Å². The number of aromatic nitrogens is 3. The molecule has 3 aromatic rings. The topological polar surface area (TPSA) is 87.5 Å². The third-order valence-electron chi connectivity index (χ3n) is 6.21. The molecule has 1 aliphatic rings.